The first kappa shape index (κ1) is 7.09. The van der Waals surface area contributed by atoms with Gasteiger partial charge in [0.05, 0.1) is 7.11 Å². The van der Waals surface area contributed by atoms with Gasteiger partial charge in [-0.15, -0.1) is 0 Å². The predicted octanol–water partition coefficient (Wildman–Crippen LogP) is 0.954. The van der Waals surface area contributed by atoms with Crippen molar-refractivity contribution in [2.75, 3.05) is 7.11 Å². The van der Waals surface area contributed by atoms with Crippen LogP contribution in [-0.2, 0) is 6.54 Å². The van der Waals surface area contributed by atoms with Crippen LogP contribution in [0.25, 0.3) is 0 Å². The van der Waals surface area contributed by atoms with Gasteiger partial charge in [0, 0.05) is 12.6 Å². The van der Waals surface area contributed by atoms with Crippen molar-refractivity contribution in [2.45, 2.75) is 6.54 Å². The summed E-state index contributed by atoms with van der Waals surface area (Å²) in [5.74, 6) is 0.747. The largest absolute Gasteiger partial charge is 0.496 e. The lowest BCUT2D eigenvalue weighted by Gasteiger charge is -1.98. The summed E-state index contributed by atoms with van der Waals surface area (Å²) >= 11 is 0. The molecule has 0 heterocycles. The fourth-order valence-electron chi connectivity index (χ4n) is 0.697. The molecule has 1 radical (unpaired) electrons. The number of hydrogen-bond donors (Lipinski definition) is 1. The first-order valence-electron chi connectivity index (χ1n) is 3.11. The van der Waals surface area contributed by atoms with Crippen molar-refractivity contribution in [1.82, 2.24) is 0 Å². The molecule has 0 aliphatic rings. The third kappa shape index (κ3) is 1.48. The summed E-state index contributed by atoms with van der Waals surface area (Å²) in [7, 11) is 1.62. The summed E-state index contributed by atoms with van der Waals surface area (Å²) in [4.78, 5) is 0. The highest BCUT2D eigenvalue weighted by Gasteiger charge is 1.89. The quantitative estimate of drug-likeness (QED) is 0.657. The Balaban J connectivity index is 2.80. The molecule has 0 unspecified atom stereocenters. The Hall–Kier alpha value is -1.02. The standard InChI is InChI=1S/C8H10NO/c1-10-8-4-2-7(6-9)3-5-8/h2-4H,6,9H2,1H3. The van der Waals surface area contributed by atoms with E-state index in [0.29, 0.717) is 6.54 Å². The third-order valence-corrected chi connectivity index (χ3v) is 1.30. The normalized spacial score (nSPS) is 9.40. The molecule has 2 N–H and O–H groups in total. The van der Waals surface area contributed by atoms with Crippen LogP contribution >= 0.6 is 0 Å². The summed E-state index contributed by atoms with van der Waals surface area (Å²) < 4.78 is 4.92. The number of rotatable bonds is 2. The van der Waals surface area contributed by atoms with E-state index in [1.807, 2.05) is 18.2 Å². The molecular weight excluding hydrogens is 126 g/mol. The maximum Gasteiger partial charge on any atom is 0.126 e. The molecule has 53 valence electrons. The molecule has 0 aliphatic heterocycles. The Morgan fingerprint density at radius 1 is 1.60 bits per heavy atom. The molecule has 0 atom stereocenters. The predicted molar refractivity (Wildman–Crippen MR) is 39.7 cm³/mol. The Kier molecular flexibility index (Phi) is 2.29. The second-order valence-electron chi connectivity index (χ2n) is 1.97. The Morgan fingerprint density at radius 2 is 2.40 bits per heavy atom. The minimum Gasteiger partial charge on any atom is -0.496 e. The summed E-state index contributed by atoms with van der Waals surface area (Å²) in [6.07, 6.45) is 0. The average molecular weight is 136 g/mol. The highest BCUT2D eigenvalue weighted by atomic mass is 16.5. The Labute approximate surface area is 60.6 Å². The smallest absolute Gasteiger partial charge is 0.126 e. The van der Waals surface area contributed by atoms with Crippen LogP contribution < -0.4 is 10.5 Å². The van der Waals surface area contributed by atoms with E-state index >= 15 is 0 Å². The third-order valence-electron chi connectivity index (χ3n) is 1.30. The van der Waals surface area contributed by atoms with Crippen LogP contribution in [-0.4, -0.2) is 7.11 Å². The summed E-state index contributed by atoms with van der Waals surface area (Å²) in [6.45, 7) is 0.556. The van der Waals surface area contributed by atoms with Crippen LogP contribution in [0.4, 0.5) is 0 Å². The number of ether oxygens (including phenoxy) is 1. The molecule has 0 aromatic heterocycles. The minimum atomic E-state index is 0.556. The van der Waals surface area contributed by atoms with Gasteiger partial charge in [-0.2, -0.15) is 0 Å². The Bertz CT molecular complexity index is 170. The second kappa shape index (κ2) is 3.22. The molecule has 0 saturated carbocycles. The highest BCUT2D eigenvalue weighted by Crippen LogP contribution is 2.09. The topological polar surface area (TPSA) is 35.2 Å². The molecule has 2 heteroatoms. The zero-order valence-corrected chi connectivity index (χ0v) is 5.92. The van der Waals surface area contributed by atoms with E-state index in [4.69, 9.17) is 10.5 Å². The van der Waals surface area contributed by atoms with E-state index in [1.165, 1.54) is 0 Å². The van der Waals surface area contributed by atoms with Crippen molar-refractivity contribution in [3.8, 4) is 5.75 Å². The van der Waals surface area contributed by atoms with Crippen molar-refractivity contribution in [2.24, 2.45) is 5.73 Å². The Morgan fingerprint density at radius 3 is 2.80 bits per heavy atom. The van der Waals surface area contributed by atoms with E-state index < -0.39 is 0 Å². The van der Waals surface area contributed by atoms with Crippen LogP contribution in [0, 0.1) is 6.07 Å². The first-order chi connectivity index (χ1) is 4.86. The van der Waals surface area contributed by atoms with Gasteiger partial charge in [0.15, 0.2) is 0 Å². The molecule has 0 fully saturated rings. The maximum absolute atomic E-state index is 5.38. The fourth-order valence-corrected chi connectivity index (χ4v) is 0.697. The molecule has 1 rings (SSSR count). The van der Waals surface area contributed by atoms with Crippen LogP contribution in [0.5, 0.6) is 5.75 Å². The van der Waals surface area contributed by atoms with E-state index in [1.54, 1.807) is 7.11 Å². The number of benzene rings is 1. The fraction of sp³-hybridized carbons (Fsp3) is 0.250. The lowest BCUT2D eigenvalue weighted by molar-refractivity contribution is 0.413. The van der Waals surface area contributed by atoms with Gasteiger partial charge in [-0.1, -0.05) is 6.07 Å². The zero-order chi connectivity index (χ0) is 7.40. The molecule has 1 aromatic carbocycles. The molecule has 0 bridgehead atoms. The van der Waals surface area contributed by atoms with E-state index in [0.717, 1.165) is 11.3 Å². The maximum atomic E-state index is 5.38. The molecule has 2 nitrogen and oxygen atoms in total. The minimum absolute atomic E-state index is 0.556. The van der Waals surface area contributed by atoms with Crippen LogP contribution in [0.1, 0.15) is 5.56 Å². The van der Waals surface area contributed by atoms with Crippen LogP contribution in [0.2, 0.25) is 0 Å². The number of hydrogen-bond acceptors (Lipinski definition) is 2. The van der Waals surface area contributed by atoms with Gasteiger partial charge in [-0.05, 0) is 17.7 Å². The van der Waals surface area contributed by atoms with Crippen molar-refractivity contribution < 1.29 is 4.74 Å². The number of methoxy groups -OCH3 is 1. The van der Waals surface area contributed by atoms with Gasteiger partial charge in [0.1, 0.15) is 5.75 Å². The van der Waals surface area contributed by atoms with Gasteiger partial charge in [0.25, 0.3) is 0 Å². The van der Waals surface area contributed by atoms with Crippen molar-refractivity contribution in [3.63, 3.8) is 0 Å². The van der Waals surface area contributed by atoms with Crippen molar-refractivity contribution in [1.29, 1.82) is 0 Å². The van der Waals surface area contributed by atoms with Gasteiger partial charge in [0.2, 0.25) is 0 Å². The van der Waals surface area contributed by atoms with Crippen molar-refractivity contribution >= 4 is 0 Å². The monoisotopic (exact) mass is 136 g/mol. The number of nitrogens with two attached hydrogens (primary N) is 1. The van der Waals surface area contributed by atoms with Crippen molar-refractivity contribution in [3.05, 3.63) is 29.8 Å². The molecule has 0 spiro atoms. The van der Waals surface area contributed by atoms with Gasteiger partial charge >= 0.3 is 0 Å². The molecule has 0 aliphatic carbocycles. The summed E-state index contributed by atoms with van der Waals surface area (Å²) in [5, 5.41) is 0. The molecule has 0 saturated heterocycles. The summed E-state index contributed by atoms with van der Waals surface area (Å²) in [5.41, 5.74) is 6.45. The van der Waals surface area contributed by atoms with Gasteiger partial charge in [-0.3, -0.25) is 0 Å². The second-order valence-corrected chi connectivity index (χ2v) is 1.97. The highest BCUT2D eigenvalue weighted by molar-refractivity contribution is 5.25. The lowest BCUT2D eigenvalue weighted by Crippen LogP contribution is -1.95. The SMILES string of the molecule is COc1[c]cc(CN)cc1. The van der Waals surface area contributed by atoms with Gasteiger partial charge < -0.3 is 10.5 Å². The zero-order valence-electron chi connectivity index (χ0n) is 5.92. The lowest BCUT2D eigenvalue weighted by atomic mass is 10.2. The first-order valence-corrected chi connectivity index (χ1v) is 3.11. The average Bonchev–Trinajstić information content (AvgIpc) is 2.05. The van der Waals surface area contributed by atoms with Crippen LogP contribution in [0.15, 0.2) is 18.2 Å². The molecule has 0 amide bonds. The molecule has 1 aromatic rings. The van der Waals surface area contributed by atoms with E-state index in [2.05, 4.69) is 6.07 Å². The summed E-state index contributed by atoms with van der Waals surface area (Å²) in [6, 6.07) is 8.54. The molecular formula is C8H10NO. The van der Waals surface area contributed by atoms with Crippen LogP contribution in [0.3, 0.4) is 0 Å². The molecule has 10 heavy (non-hydrogen) atoms. The van der Waals surface area contributed by atoms with E-state index in [9.17, 15) is 0 Å². The van der Waals surface area contributed by atoms with E-state index in [-0.39, 0.29) is 0 Å². The van der Waals surface area contributed by atoms with Gasteiger partial charge in [-0.25, -0.2) is 0 Å².